The van der Waals surface area contributed by atoms with Crippen LogP contribution in [0.4, 0.5) is 5.69 Å². The van der Waals surface area contributed by atoms with E-state index >= 15 is 0 Å². The van der Waals surface area contributed by atoms with Crippen LogP contribution >= 0.6 is 0 Å². The molecule has 166 valence electrons. The number of amidine groups is 1. The van der Waals surface area contributed by atoms with Crippen molar-refractivity contribution in [2.24, 2.45) is 5.10 Å². The zero-order valence-electron chi connectivity index (χ0n) is 18.5. The van der Waals surface area contributed by atoms with Gasteiger partial charge in [0.25, 0.3) is 0 Å². The van der Waals surface area contributed by atoms with E-state index in [0.717, 1.165) is 64.5 Å². The lowest BCUT2D eigenvalue weighted by Gasteiger charge is -2.19. The highest BCUT2D eigenvalue weighted by Crippen LogP contribution is 2.29. The molecule has 33 heavy (non-hydrogen) atoms. The van der Waals surface area contributed by atoms with Crippen LogP contribution in [0.1, 0.15) is 12.0 Å². The van der Waals surface area contributed by atoms with Gasteiger partial charge in [-0.05, 0) is 42.8 Å². The Bertz CT molecular complexity index is 1260. The second kappa shape index (κ2) is 9.58. The lowest BCUT2D eigenvalue weighted by atomic mass is 10.1. The Balaban J connectivity index is 1.29. The van der Waals surface area contributed by atoms with Crippen LogP contribution in [0.25, 0.3) is 22.2 Å². The number of anilines is 1. The summed E-state index contributed by atoms with van der Waals surface area (Å²) >= 11 is 0. The van der Waals surface area contributed by atoms with Crippen molar-refractivity contribution < 1.29 is 4.74 Å². The number of ether oxygens (including phenoxy) is 1. The van der Waals surface area contributed by atoms with E-state index in [2.05, 4.69) is 51.8 Å². The summed E-state index contributed by atoms with van der Waals surface area (Å²) in [5, 5.41) is 11.1. The largest absolute Gasteiger partial charge is 0.497 e. The van der Waals surface area contributed by atoms with Gasteiger partial charge in [0.2, 0.25) is 0 Å². The van der Waals surface area contributed by atoms with Gasteiger partial charge in [0.05, 0.1) is 18.3 Å². The maximum atomic E-state index is 5.29. The molecule has 1 aliphatic heterocycles. The number of benzene rings is 3. The Labute approximate surface area is 193 Å². The molecule has 2 heterocycles. The Morgan fingerprint density at radius 3 is 2.52 bits per heavy atom. The summed E-state index contributed by atoms with van der Waals surface area (Å²) in [6, 6.07) is 28.5. The molecular formula is C26H26N6O. The summed E-state index contributed by atoms with van der Waals surface area (Å²) in [4.78, 5) is 4.87. The average Bonchev–Trinajstić information content (AvgIpc) is 3.35. The van der Waals surface area contributed by atoms with Crippen LogP contribution in [-0.2, 0) is 0 Å². The second-order valence-electron chi connectivity index (χ2n) is 7.76. The number of para-hydroxylation sites is 1. The summed E-state index contributed by atoms with van der Waals surface area (Å²) < 4.78 is 5.29. The van der Waals surface area contributed by atoms with E-state index < -0.39 is 0 Å². The number of hydrogen-bond donors (Lipinski definition) is 3. The molecule has 7 nitrogen and oxygen atoms in total. The number of hydrazone groups is 1. The third kappa shape index (κ3) is 4.58. The zero-order valence-corrected chi connectivity index (χ0v) is 18.5. The normalized spacial score (nSPS) is 13.0. The summed E-state index contributed by atoms with van der Waals surface area (Å²) in [5.74, 6) is 1.73. The molecule has 3 N–H and O–H groups in total. The SMILES string of the molecule is COc1ccc(-c2cc(NCCCN3NNN=C3c3ccccc3)c3ccccc3n2)cc1. The summed E-state index contributed by atoms with van der Waals surface area (Å²) in [6.45, 7) is 1.62. The van der Waals surface area contributed by atoms with Gasteiger partial charge >= 0.3 is 0 Å². The van der Waals surface area contributed by atoms with Gasteiger partial charge in [-0.25, -0.2) is 10.5 Å². The highest BCUT2D eigenvalue weighted by atomic mass is 16.5. The van der Waals surface area contributed by atoms with Crippen molar-refractivity contribution in [2.75, 3.05) is 25.5 Å². The van der Waals surface area contributed by atoms with Crippen molar-refractivity contribution in [3.63, 3.8) is 0 Å². The predicted molar refractivity (Wildman–Crippen MR) is 133 cm³/mol. The van der Waals surface area contributed by atoms with Crippen molar-refractivity contribution in [2.45, 2.75) is 6.42 Å². The van der Waals surface area contributed by atoms with Crippen molar-refractivity contribution in [1.82, 2.24) is 21.1 Å². The van der Waals surface area contributed by atoms with E-state index in [1.54, 1.807) is 7.11 Å². The minimum atomic E-state index is 0.808. The molecule has 5 rings (SSSR count). The molecule has 0 aliphatic carbocycles. The zero-order chi connectivity index (χ0) is 22.5. The first-order valence-electron chi connectivity index (χ1n) is 11.0. The van der Waals surface area contributed by atoms with Crippen molar-refractivity contribution in [3.8, 4) is 17.0 Å². The number of nitrogens with one attached hydrogen (secondary N) is 3. The van der Waals surface area contributed by atoms with Gasteiger partial charge in [0, 0.05) is 35.3 Å². The number of methoxy groups -OCH3 is 1. The first kappa shape index (κ1) is 20.8. The smallest absolute Gasteiger partial charge is 0.173 e. The number of fused-ring (bicyclic) bond motifs is 1. The Morgan fingerprint density at radius 1 is 0.909 bits per heavy atom. The number of aromatic nitrogens is 1. The maximum Gasteiger partial charge on any atom is 0.173 e. The van der Waals surface area contributed by atoms with E-state index in [-0.39, 0.29) is 0 Å². The molecular weight excluding hydrogens is 412 g/mol. The van der Waals surface area contributed by atoms with Gasteiger partial charge in [-0.1, -0.05) is 48.5 Å². The second-order valence-corrected chi connectivity index (χ2v) is 7.76. The fraction of sp³-hybridized carbons (Fsp3) is 0.154. The van der Waals surface area contributed by atoms with Crippen LogP contribution in [0.3, 0.4) is 0 Å². The standard InChI is InChI=1S/C26H26N6O/c1-33-21-14-12-19(13-15-21)24-18-25(22-10-5-6-11-23(22)28-24)27-16-7-17-32-26(29-30-31-32)20-8-3-2-4-9-20/h2-6,8-15,18,30-31H,7,16-17H2,1H3,(H,27,28). The molecule has 0 spiro atoms. The number of hydrazine groups is 2. The minimum absolute atomic E-state index is 0.808. The molecule has 0 bridgehead atoms. The highest BCUT2D eigenvalue weighted by molar-refractivity contribution is 5.99. The van der Waals surface area contributed by atoms with Gasteiger partial charge in [-0.15, -0.1) is 10.6 Å². The fourth-order valence-electron chi connectivity index (χ4n) is 3.91. The van der Waals surface area contributed by atoms with Crippen LogP contribution in [0, 0.1) is 0 Å². The van der Waals surface area contributed by atoms with E-state index in [0.29, 0.717) is 0 Å². The van der Waals surface area contributed by atoms with Crippen LogP contribution < -0.4 is 21.1 Å². The van der Waals surface area contributed by atoms with Crippen LogP contribution in [0.15, 0.2) is 90.0 Å². The Morgan fingerprint density at radius 2 is 1.70 bits per heavy atom. The number of nitrogens with zero attached hydrogens (tertiary/aromatic N) is 3. The highest BCUT2D eigenvalue weighted by Gasteiger charge is 2.17. The van der Waals surface area contributed by atoms with E-state index in [1.807, 2.05) is 59.6 Å². The Hall–Kier alpha value is -4.10. The molecule has 1 aromatic heterocycles. The summed E-state index contributed by atoms with van der Waals surface area (Å²) in [5.41, 5.74) is 11.1. The molecule has 0 fully saturated rings. The van der Waals surface area contributed by atoms with E-state index in [4.69, 9.17) is 9.72 Å². The molecule has 4 aromatic rings. The predicted octanol–water partition coefficient (Wildman–Crippen LogP) is 4.40. The topological polar surface area (TPSA) is 73.8 Å². The summed E-state index contributed by atoms with van der Waals surface area (Å²) in [6.07, 6.45) is 0.926. The number of hydrogen-bond acceptors (Lipinski definition) is 7. The molecule has 1 aliphatic rings. The Kier molecular flexibility index (Phi) is 6.04. The van der Waals surface area contributed by atoms with Crippen molar-refractivity contribution in [3.05, 3.63) is 90.5 Å². The maximum absolute atomic E-state index is 5.29. The lowest BCUT2D eigenvalue weighted by Crippen LogP contribution is -2.42. The molecule has 0 amide bonds. The van der Waals surface area contributed by atoms with Gasteiger partial charge in [0.1, 0.15) is 5.75 Å². The average molecular weight is 439 g/mol. The van der Waals surface area contributed by atoms with Gasteiger partial charge < -0.3 is 10.1 Å². The number of pyridine rings is 1. The van der Waals surface area contributed by atoms with Crippen LogP contribution in [0.2, 0.25) is 0 Å². The quantitative estimate of drug-likeness (QED) is 0.354. The number of rotatable bonds is 8. The van der Waals surface area contributed by atoms with Gasteiger partial charge in [-0.3, -0.25) is 5.01 Å². The molecule has 0 unspecified atom stereocenters. The van der Waals surface area contributed by atoms with Gasteiger partial charge in [0.15, 0.2) is 5.84 Å². The molecule has 0 saturated carbocycles. The lowest BCUT2D eigenvalue weighted by molar-refractivity contribution is 0.294. The van der Waals surface area contributed by atoms with Crippen LogP contribution in [-0.4, -0.2) is 36.0 Å². The van der Waals surface area contributed by atoms with Crippen molar-refractivity contribution in [1.29, 1.82) is 0 Å². The first-order valence-corrected chi connectivity index (χ1v) is 11.0. The third-order valence-electron chi connectivity index (χ3n) is 5.61. The molecule has 7 heteroatoms. The molecule has 3 aromatic carbocycles. The molecule has 0 atom stereocenters. The van der Waals surface area contributed by atoms with Crippen molar-refractivity contribution >= 4 is 22.4 Å². The first-order chi connectivity index (χ1) is 16.3. The van der Waals surface area contributed by atoms with Crippen LogP contribution in [0.5, 0.6) is 5.75 Å². The molecule has 0 saturated heterocycles. The van der Waals surface area contributed by atoms with E-state index in [1.165, 1.54) is 0 Å². The monoisotopic (exact) mass is 438 g/mol. The van der Waals surface area contributed by atoms with Gasteiger partial charge in [-0.2, -0.15) is 0 Å². The molecule has 0 radical (unpaired) electrons. The minimum Gasteiger partial charge on any atom is -0.497 e. The summed E-state index contributed by atoms with van der Waals surface area (Å²) in [7, 11) is 1.67. The fourth-order valence-corrected chi connectivity index (χ4v) is 3.91. The van der Waals surface area contributed by atoms with E-state index in [9.17, 15) is 0 Å². The third-order valence-corrected chi connectivity index (χ3v) is 5.61.